The van der Waals surface area contributed by atoms with Crippen molar-refractivity contribution < 1.29 is 14.5 Å². The highest BCUT2D eigenvalue weighted by Gasteiger charge is 2.33. The largest absolute Gasteiger partial charge is 0.444 e. The molecule has 22 heavy (non-hydrogen) atoms. The molecule has 122 valence electrons. The second-order valence-corrected chi connectivity index (χ2v) is 6.37. The van der Waals surface area contributed by atoms with Gasteiger partial charge in [0, 0.05) is 16.4 Å². The molecule has 7 heteroatoms. The standard InChI is InChI=1S/C15H21ClN2O4/c1-5-12(18(20)21)13(10-6-8-11(16)9-7-10)17-14(19)22-15(2,3)4/h6-9,12-13H,5H2,1-4H3,(H,17,19)/t12-,13+/m1/s1. The first kappa shape index (κ1) is 18.2. The van der Waals surface area contributed by atoms with E-state index in [4.69, 9.17) is 16.3 Å². The minimum Gasteiger partial charge on any atom is -0.444 e. The van der Waals surface area contributed by atoms with Gasteiger partial charge in [-0.1, -0.05) is 30.7 Å². The summed E-state index contributed by atoms with van der Waals surface area (Å²) in [4.78, 5) is 22.8. The number of carbonyl (C=O) groups is 1. The first-order chi connectivity index (χ1) is 10.1. The van der Waals surface area contributed by atoms with E-state index in [1.165, 1.54) is 0 Å². The molecular weight excluding hydrogens is 308 g/mol. The molecule has 1 aromatic rings. The lowest BCUT2D eigenvalue weighted by atomic mass is 9.98. The van der Waals surface area contributed by atoms with Crippen LogP contribution in [0.5, 0.6) is 0 Å². The van der Waals surface area contributed by atoms with E-state index in [1.54, 1.807) is 52.0 Å². The molecule has 0 unspecified atom stereocenters. The van der Waals surface area contributed by atoms with E-state index in [1.807, 2.05) is 0 Å². The number of hydrogen-bond donors (Lipinski definition) is 1. The van der Waals surface area contributed by atoms with Crippen molar-refractivity contribution in [3.8, 4) is 0 Å². The summed E-state index contributed by atoms with van der Waals surface area (Å²) in [5, 5.41) is 14.4. The molecule has 6 nitrogen and oxygen atoms in total. The van der Waals surface area contributed by atoms with Crippen LogP contribution in [-0.2, 0) is 4.74 Å². The van der Waals surface area contributed by atoms with Gasteiger partial charge in [-0.3, -0.25) is 10.1 Å². The van der Waals surface area contributed by atoms with Crippen LogP contribution >= 0.6 is 11.6 Å². The molecule has 0 heterocycles. The quantitative estimate of drug-likeness (QED) is 0.655. The number of nitro groups is 1. The molecule has 1 amide bonds. The average molecular weight is 329 g/mol. The van der Waals surface area contributed by atoms with E-state index in [0.29, 0.717) is 10.6 Å². The van der Waals surface area contributed by atoms with E-state index >= 15 is 0 Å². The smallest absolute Gasteiger partial charge is 0.408 e. The Morgan fingerprint density at radius 1 is 1.36 bits per heavy atom. The fourth-order valence-corrected chi connectivity index (χ4v) is 2.14. The molecule has 0 aliphatic carbocycles. The molecule has 0 aromatic heterocycles. The maximum absolute atomic E-state index is 12.0. The van der Waals surface area contributed by atoms with Crippen LogP contribution in [0.2, 0.25) is 5.02 Å². The Morgan fingerprint density at radius 3 is 2.32 bits per heavy atom. The van der Waals surface area contributed by atoms with Crippen molar-refractivity contribution in [1.29, 1.82) is 0 Å². The highest BCUT2D eigenvalue weighted by atomic mass is 35.5. The maximum Gasteiger partial charge on any atom is 0.408 e. The number of rotatable bonds is 5. The molecule has 0 radical (unpaired) electrons. The number of nitrogens with zero attached hydrogens (tertiary/aromatic N) is 1. The van der Waals surface area contributed by atoms with E-state index in [0.717, 1.165) is 0 Å². The van der Waals surface area contributed by atoms with Crippen LogP contribution in [0.25, 0.3) is 0 Å². The molecular formula is C15H21ClN2O4. The van der Waals surface area contributed by atoms with Crippen LogP contribution in [0.15, 0.2) is 24.3 Å². The van der Waals surface area contributed by atoms with Gasteiger partial charge in [-0.05, 0) is 38.5 Å². The van der Waals surface area contributed by atoms with Crippen molar-refractivity contribution in [2.24, 2.45) is 0 Å². The fraction of sp³-hybridized carbons (Fsp3) is 0.533. The summed E-state index contributed by atoms with van der Waals surface area (Å²) in [5.74, 6) is 0. The highest BCUT2D eigenvalue weighted by Crippen LogP contribution is 2.23. The van der Waals surface area contributed by atoms with Crippen LogP contribution in [0, 0.1) is 10.1 Å². The third kappa shape index (κ3) is 5.52. The Balaban J connectivity index is 3.03. The van der Waals surface area contributed by atoms with Gasteiger partial charge in [-0.15, -0.1) is 0 Å². The third-order valence-corrected chi connectivity index (χ3v) is 3.23. The normalized spacial score (nSPS) is 14.0. The molecule has 0 spiro atoms. The zero-order chi connectivity index (χ0) is 16.9. The third-order valence-electron chi connectivity index (χ3n) is 2.98. The Bertz CT molecular complexity index is 525. The van der Waals surface area contributed by atoms with Gasteiger partial charge in [-0.2, -0.15) is 0 Å². The van der Waals surface area contributed by atoms with Crippen molar-refractivity contribution >= 4 is 17.7 Å². The van der Waals surface area contributed by atoms with E-state index in [9.17, 15) is 14.9 Å². The van der Waals surface area contributed by atoms with Crippen molar-refractivity contribution in [2.75, 3.05) is 0 Å². The molecule has 0 saturated carbocycles. The SMILES string of the molecule is CC[C@H]([C@@H](NC(=O)OC(C)(C)C)c1ccc(Cl)cc1)[N+](=O)[O-]. The molecule has 0 fully saturated rings. The maximum atomic E-state index is 12.0. The van der Waals surface area contributed by atoms with Crippen molar-refractivity contribution in [3.63, 3.8) is 0 Å². The van der Waals surface area contributed by atoms with Crippen LogP contribution in [0.4, 0.5) is 4.79 Å². The molecule has 1 N–H and O–H groups in total. The summed E-state index contributed by atoms with van der Waals surface area (Å²) in [5.41, 5.74) is -0.0656. The summed E-state index contributed by atoms with van der Waals surface area (Å²) < 4.78 is 5.19. The minimum absolute atomic E-state index is 0.274. The second kappa shape index (κ2) is 7.45. The number of hydrogen-bond acceptors (Lipinski definition) is 4. The minimum atomic E-state index is -0.950. The van der Waals surface area contributed by atoms with Gasteiger partial charge in [-0.25, -0.2) is 4.79 Å². The van der Waals surface area contributed by atoms with Crippen LogP contribution in [-0.4, -0.2) is 22.7 Å². The molecule has 0 bridgehead atoms. The monoisotopic (exact) mass is 328 g/mol. The first-order valence-corrected chi connectivity index (χ1v) is 7.40. The van der Waals surface area contributed by atoms with E-state index < -0.39 is 28.7 Å². The van der Waals surface area contributed by atoms with Gasteiger partial charge in [0.1, 0.15) is 11.6 Å². The molecule has 0 saturated heterocycles. The number of nitrogens with one attached hydrogen (secondary N) is 1. The Hall–Kier alpha value is -1.82. The summed E-state index contributed by atoms with van der Waals surface area (Å²) >= 11 is 5.84. The first-order valence-electron chi connectivity index (χ1n) is 7.02. The predicted molar refractivity (Wildman–Crippen MR) is 84.6 cm³/mol. The lowest BCUT2D eigenvalue weighted by molar-refractivity contribution is -0.528. The lowest BCUT2D eigenvalue weighted by Crippen LogP contribution is -2.42. The lowest BCUT2D eigenvalue weighted by Gasteiger charge is -2.25. The van der Waals surface area contributed by atoms with Gasteiger partial charge in [0.25, 0.3) is 0 Å². The number of amides is 1. The zero-order valence-electron chi connectivity index (χ0n) is 13.1. The van der Waals surface area contributed by atoms with Crippen LogP contribution in [0.3, 0.4) is 0 Å². The zero-order valence-corrected chi connectivity index (χ0v) is 13.9. The molecule has 2 atom stereocenters. The van der Waals surface area contributed by atoms with Crippen molar-refractivity contribution in [3.05, 3.63) is 45.0 Å². The Kier molecular flexibility index (Phi) is 6.17. The summed E-state index contributed by atoms with van der Waals surface area (Å²) in [6.45, 7) is 6.89. The van der Waals surface area contributed by atoms with Gasteiger partial charge in [0.15, 0.2) is 0 Å². The number of halogens is 1. The number of carbonyl (C=O) groups excluding carboxylic acids is 1. The number of alkyl carbamates (subject to hydrolysis) is 1. The fourth-order valence-electron chi connectivity index (χ4n) is 2.01. The van der Waals surface area contributed by atoms with Gasteiger partial charge in [0.05, 0.1) is 0 Å². The summed E-state index contributed by atoms with van der Waals surface area (Å²) in [6, 6.07) is 4.86. The summed E-state index contributed by atoms with van der Waals surface area (Å²) in [7, 11) is 0. The predicted octanol–water partition coefficient (Wildman–Crippen LogP) is 3.96. The highest BCUT2D eigenvalue weighted by molar-refractivity contribution is 6.30. The molecule has 0 aliphatic rings. The number of ether oxygens (including phenoxy) is 1. The molecule has 1 rings (SSSR count). The van der Waals surface area contributed by atoms with Crippen molar-refractivity contribution in [1.82, 2.24) is 5.32 Å². The molecule has 0 aliphatic heterocycles. The topological polar surface area (TPSA) is 81.5 Å². The Morgan fingerprint density at radius 2 is 1.91 bits per heavy atom. The summed E-state index contributed by atoms with van der Waals surface area (Å²) in [6.07, 6.45) is -0.413. The average Bonchev–Trinajstić information content (AvgIpc) is 2.36. The second-order valence-electron chi connectivity index (χ2n) is 5.94. The van der Waals surface area contributed by atoms with Gasteiger partial charge < -0.3 is 10.1 Å². The van der Waals surface area contributed by atoms with E-state index in [2.05, 4.69) is 5.32 Å². The number of benzene rings is 1. The van der Waals surface area contributed by atoms with Crippen molar-refractivity contribution in [2.45, 2.75) is 51.8 Å². The van der Waals surface area contributed by atoms with Gasteiger partial charge >= 0.3 is 6.09 Å². The van der Waals surface area contributed by atoms with Crippen LogP contribution in [0.1, 0.15) is 45.7 Å². The van der Waals surface area contributed by atoms with Gasteiger partial charge in [0.2, 0.25) is 6.04 Å². The Labute approximate surface area is 134 Å². The van der Waals surface area contributed by atoms with E-state index in [-0.39, 0.29) is 6.42 Å². The van der Waals surface area contributed by atoms with Crippen LogP contribution < -0.4 is 5.32 Å². The molecule has 1 aromatic carbocycles.